The highest BCUT2D eigenvalue weighted by atomic mass is 15.2. The first-order valence-corrected chi connectivity index (χ1v) is 8.12. The van der Waals surface area contributed by atoms with Crippen molar-refractivity contribution in [1.82, 2.24) is 5.43 Å². The number of hydrazine groups is 1. The minimum atomic E-state index is 0.251. The first kappa shape index (κ1) is 14.6. The summed E-state index contributed by atoms with van der Waals surface area (Å²) in [5.74, 6) is 8.18. The van der Waals surface area contributed by atoms with E-state index in [4.69, 9.17) is 5.84 Å². The molecule has 0 radical (unpaired) electrons. The van der Waals surface area contributed by atoms with E-state index in [1.807, 2.05) is 0 Å². The molecule has 3 N–H and O–H groups in total. The summed E-state index contributed by atoms with van der Waals surface area (Å²) >= 11 is 0. The summed E-state index contributed by atoms with van der Waals surface area (Å²) in [5, 5.41) is 2.63. The normalized spacial score (nSPS) is 27.7. The van der Waals surface area contributed by atoms with Crippen molar-refractivity contribution in [3.63, 3.8) is 0 Å². The van der Waals surface area contributed by atoms with Crippen molar-refractivity contribution in [3.8, 4) is 0 Å². The predicted molar refractivity (Wildman–Crippen MR) is 89.7 cm³/mol. The van der Waals surface area contributed by atoms with E-state index < -0.39 is 0 Å². The predicted octanol–water partition coefficient (Wildman–Crippen LogP) is 4.42. The molecule has 3 unspecified atom stereocenters. The molecule has 1 saturated carbocycles. The van der Waals surface area contributed by atoms with Crippen molar-refractivity contribution < 1.29 is 0 Å². The van der Waals surface area contributed by atoms with Crippen LogP contribution in [0.5, 0.6) is 0 Å². The first-order valence-electron chi connectivity index (χ1n) is 8.12. The van der Waals surface area contributed by atoms with E-state index in [0.717, 1.165) is 11.8 Å². The molecule has 2 aromatic carbocycles. The number of nitrogens with two attached hydrogens (primary N) is 1. The smallest absolute Gasteiger partial charge is 0.0494 e. The summed E-state index contributed by atoms with van der Waals surface area (Å²) in [4.78, 5) is 0. The molecule has 2 aromatic rings. The Balaban J connectivity index is 1.98. The van der Waals surface area contributed by atoms with Crippen molar-refractivity contribution in [2.45, 2.75) is 39.2 Å². The molecular weight excluding hydrogens is 256 g/mol. The highest BCUT2D eigenvalue weighted by molar-refractivity contribution is 5.86. The Kier molecular flexibility index (Phi) is 4.27. The van der Waals surface area contributed by atoms with Gasteiger partial charge in [-0.3, -0.25) is 11.3 Å². The maximum atomic E-state index is 5.97. The summed E-state index contributed by atoms with van der Waals surface area (Å²) in [7, 11) is 0. The number of rotatable bonds is 3. The van der Waals surface area contributed by atoms with E-state index in [2.05, 4.69) is 61.7 Å². The lowest BCUT2D eigenvalue weighted by atomic mass is 9.72. The second-order valence-electron chi connectivity index (χ2n) is 6.89. The molecular formula is C19H26N2. The fourth-order valence-electron chi connectivity index (χ4n) is 4.28. The monoisotopic (exact) mass is 282 g/mol. The van der Waals surface area contributed by atoms with E-state index in [-0.39, 0.29) is 6.04 Å². The molecule has 2 nitrogen and oxygen atoms in total. The zero-order valence-corrected chi connectivity index (χ0v) is 13.0. The molecule has 0 heterocycles. The Bertz CT molecular complexity index is 592. The van der Waals surface area contributed by atoms with Gasteiger partial charge < -0.3 is 0 Å². The van der Waals surface area contributed by atoms with E-state index in [1.54, 1.807) is 0 Å². The SMILES string of the molecule is CC1CC(C)CC(C(NN)c2cccc3ccccc23)C1. The highest BCUT2D eigenvalue weighted by Crippen LogP contribution is 2.40. The minimum absolute atomic E-state index is 0.251. The summed E-state index contributed by atoms with van der Waals surface area (Å²) in [6.45, 7) is 4.75. The van der Waals surface area contributed by atoms with Crippen LogP contribution in [-0.4, -0.2) is 0 Å². The molecule has 0 aliphatic heterocycles. The third kappa shape index (κ3) is 2.97. The number of benzene rings is 2. The Hall–Kier alpha value is -1.38. The average molecular weight is 282 g/mol. The average Bonchev–Trinajstić information content (AvgIpc) is 2.47. The van der Waals surface area contributed by atoms with Crippen molar-refractivity contribution in [1.29, 1.82) is 0 Å². The van der Waals surface area contributed by atoms with Crippen LogP contribution in [0.1, 0.15) is 44.7 Å². The molecule has 2 heteroatoms. The minimum Gasteiger partial charge on any atom is -0.271 e. The summed E-state index contributed by atoms with van der Waals surface area (Å²) < 4.78 is 0. The maximum absolute atomic E-state index is 5.97. The van der Waals surface area contributed by atoms with Gasteiger partial charge in [-0.15, -0.1) is 0 Å². The van der Waals surface area contributed by atoms with E-state index in [9.17, 15) is 0 Å². The topological polar surface area (TPSA) is 38.0 Å². The lowest BCUT2D eigenvalue weighted by Crippen LogP contribution is -2.37. The fourth-order valence-corrected chi connectivity index (χ4v) is 4.28. The van der Waals surface area contributed by atoms with E-state index >= 15 is 0 Å². The Morgan fingerprint density at radius 1 is 0.952 bits per heavy atom. The summed E-state index contributed by atoms with van der Waals surface area (Å²) in [6.07, 6.45) is 3.88. The number of fused-ring (bicyclic) bond motifs is 1. The van der Waals surface area contributed by atoms with Gasteiger partial charge in [0.25, 0.3) is 0 Å². The number of nitrogens with one attached hydrogen (secondary N) is 1. The van der Waals surface area contributed by atoms with Crippen molar-refractivity contribution in [3.05, 3.63) is 48.0 Å². The molecule has 112 valence electrons. The van der Waals surface area contributed by atoms with Crippen LogP contribution in [0, 0.1) is 17.8 Å². The standard InChI is InChI=1S/C19H26N2/c1-13-10-14(2)12-16(11-13)19(21-20)18-9-5-7-15-6-3-4-8-17(15)18/h3-9,13-14,16,19,21H,10-12,20H2,1-2H3. The van der Waals surface area contributed by atoms with Crippen LogP contribution < -0.4 is 11.3 Å². The molecule has 1 fully saturated rings. The third-order valence-corrected chi connectivity index (χ3v) is 5.02. The van der Waals surface area contributed by atoms with Gasteiger partial charge >= 0.3 is 0 Å². The summed E-state index contributed by atoms with van der Waals surface area (Å²) in [6, 6.07) is 15.4. The van der Waals surface area contributed by atoms with Crippen molar-refractivity contribution >= 4 is 10.8 Å². The van der Waals surface area contributed by atoms with Crippen LogP contribution in [0.15, 0.2) is 42.5 Å². The van der Waals surface area contributed by atoms with Gasteiger partial charge in [0.2, 0.25) is 0 Å². The van der Waals surface area contributed by atoms with E-state index in [0.29, 0.717) is 5.92 Å². The Labute approximate surface area is 127 Å². The van der Waals surface area contributed by atoms with Gasteiger partial charge in [0.05, 0.1) is 0 Å². The molecule has 1 aliphatic rings. The maximum Gasteiger partial charge on any atom is 0.0494 e. The van der Waals surface area contributed by atoms with Crippen LogP contribution in [0.2, 0.25) is 0 Å². The number of hydrogen-bond acceptors (Lipinski definition) is 2. The molecule has 1 aliphatic carbocycles. The van der Waals surface area contributed by atoms with Gasteiger partial charge in [-0.05, 0) is 53.4 Å². The first-order chi connectivity index (χ1) is 10.2. The molecule has 0 bridgehead atoms. The molecule has 21 heavy (non-hydrogen) atoms. The molecule has 3 rings (SSSR count). The van der Waals surface area contributed by atoms with Gasteiger partial charge in [0.15, 0.2) is 0 Å². The molecule has 0 saturated heterocycles. The lowest BCUT2D eigenvalue weighted by molar-refractivity contribution is 0.177. The van der Waals surface area contributed by atoms with Gasteiger partial charge in [0, 0.05) is 6.04 Å². The Morgan fingerprint density at radius 3 is 2.33 bits per heavy atom. The molecule has 0 amide bonds. The van der Waals surface area contributed by atoms with Gasteiger partial charge in [-0.1, -0.05) is 56.3 Å². The Morgan fingerprint density at radius 2 is 1.62 bits per heavy atom. The second kappa shape index (κ2) is 6.17. The molecule has 0 aromatic heterocycles. The molecule has 0 spiro atoms. The third-order valence-electron chi connectivity index (χ3n) is 5.02. The highest BCUT2D eigenvalue weighted by Gasteiger charge is 2.31. The van der Waals surface area contributed by atoms with Crippen molar-refractivity contribution in [2.75, 3.05) is 0 Å². The van der Waals surface area contributed by atoms with Crippen LogP contribution >= 0.6 is 0 Å². The van der Waals surface area contributed by atoms with Crippen LogP contribution in [0.25, 0.3) is 10.8 Å². The largest absolute Gasteiger partial charge is 0.271 e. The van der Waals surface area contributed by atoms with Crippen LogP contribution in [0.3, 0.4) is 0 Å². The zero-order chi connectivity index (χ0) is 14.8. The van der Waals surface area contributed by atoms with Crippen LogP contribution in [0.4, 0.5) is 0 Å². The van der Waals surface area contributed by atoms with Crippen LogP contribution in [-0.2, 0) is 0 Å². The fraction of sp³-hybridized carbons (Fsp3) is 0.474. The quantitative estimate of drug-likeness (QED) is 0.646. The summed E-state index contributed by atoms with van der Waals surface area (Å²) in [5.41, 5.74) is 4.47. The van der Waals surface area contributed by atoms with Gasteiger partial charge in [-0.2, -0.15) is 0 Å². The number of hydrogen-bond donors (Lipinski definition) is 2. The van der Waals surface area contributed by atoms with E-state index in [1.165, 1.54) is 35.6 Å². The zero-order valence-electron chi connectivity index (χ0n) is 13.0. The van der Waals surface area contributed by atoms with Gasteiger partial charge in [-0.25, -0.2) is 0 Å². The molecule has 3 atom stereocenters. The van der Waals surface area contributed by atoms with Gasteiger partial charge in [0.1, 0.15) is 0 Å². The van der Waals surface area contributed by atoms with Crippen molar-refractivity contribution in [2.24, 2.45) is 23.6 Å². The second-order valence-corrected chi connectivity index (χ2v) is 6.89. The lowest BCUT2D eigenvalue weighted by Gasteiger charge is -2.36.